The molecule has 0 aliphatic carbocycles. The first-order valence-electron chi connectivity index (χ1n) is 6.57. The zero-order valence-electron chi connectivity index (χ0n) is 12.1. The first kappa shape index (κ1) is 15.9. The average molecular weight is 325 g/mol. The van der Waals surface area contributed by atoms with Crippen molar-refractivity contribution < 1.29 is 9.90 Å². The average Bonchev–Trinajstić information content (AvgIpc) is 2.77. The zero-order chi connectivity index (χ0) is 15.6. The molecule has 1 heterocycles. The van der Waals surface area contributed by atoms with Gasteiger partial charge in [0.2, 0.25) is 0 Å². The van der Waals surface area contributed by atoms with E-state index in [2.05, 4.69) is 10.3 Å². The van der Waals surface area contributed by atoms with Gasteiger partial charge in [-0.15, -0.1) is 11.3 Å². The van der Waals surface area contributed by atoms with Crippen LogP contribution in [-0.2, 0) is 0 Å². The first-order chi connectivity index (χ1) is 9.88. The SMILES string of the molecule is Cc1nc(C)c(C(=O)NC(C)C(O)c2ccc(Cl)cc2)s1. The fourth-order valence-electron chi connectivity index (χ4n) is 2.04. The number of amides is 1. The summed E-state index contributed by atoms with van der Waals surface area (Å²) in [4.78, 5) is 17.0. The summed E-state index contributed by atoms with van der Waals surface area (Å²) in [5, 5.41) is 14.6. The lowest BCUT2D eigenvalue weighted by Crippen LogP contribution is -2.37. The van der Waals surface area contributed by atoms with E-state index >= 15 is 0 Å². The molecule has 0 aliphatic heterocycles. The third kappa shape index (κ3) is 3.81. The van der Waals surface area contributed by atoms with Gasteiger partial charge in [-0.3, -0.25) is 4.79 Å². The van der Waals surface area contributed by atoms with Crippen molar-refractivity contribution in [1.29, 1.82) is 0 Å². The van der Waals surface area contributed by atoms with E-state index in [9.17, 15) is 9.90 Å². The van der Waals surface area contributed by atoms with Crippen molar-refractivity contribution in [2.24, 2.45) is 0 Å². The molecule has 0 saturated carbocycles. The third-order valence-corrected chi connectivity index (χ3v) is 4.48. The second kappa shape index (κ2) is 6.56. The normalized spacial score (nSPS) is 13.8. The van der Waals surface area contributed by atoms with Gasteiger partial charge < -0.3 is 10.4 Å². The summed E-state index contributed by atoms with van der Waals surface area (Å²) >= 11 is 7.17. The highest BCUT2D eigenvalue weighted by molar-refractivity contribution is 7.13. The lowest BCUT2D eigenvalue weighted by molar-refractivity contribution is 0.0855. The lowest BCUT2D eigenvalue weighted by Gasteiger charge is -2.20. The van der Waals surface area contributed by atoms with Crippen molar-refractivity contribution in [3.63, 3.8) is 0 Å². The predicted molar refractivity (Wildman–Crippen MR) is 84.9 cm³/mol. The van der Waals surface area contributed by atoms with Crippen LogP contribution in [0.5, 0.6) is 0 Å². The van der Waals surface area contributed by atoms with Crippen molar-refractivity contribution in [2.75, 3.05) is 0 Å². The van der Waals surface area contributed by atoms with E-state index in [4.69, 9.17) is 11.6 Å². The molecule has 2 atom stereocenters. The topological polar surface area (TPSA) is 62.2 Å². The Morgan fingerprint density at radius 1 is 1.33 bits per heavy atom. The van der Waals surface area contributed by atoms with Gasteiger partial charge >= 0.3 is 0 Å². The molecule has 2 rings (SSSR count). The summed E-state index contributed by atoms with van der Waals surface area (Å²) in [6.45, 7) is 5.43. The number of nitrogens with zero attached hydrogens (tertiary/aromatic N) is 1. The molecule has 1 aromatic carbocycles. The molecule has 0 bridgehead atoms. The number of nitrogens with one attached hydrogen (secondary N) is 1. The van der Waals surface area contributed by atoms with Crippen molar-refractivity contribution in [3.05, 3.63) is 50.4 Å². The Morgan fingerprint density at radius 3 is 2.48 bits per heavy atom. The molecule has 2 unspecified atom stereocenters. The highest BCUT2D eigenvalue weighted by atomic mass is 35.5. The number of thiazole rings is 1. The Morgan fingerprint density at radius 2 is 1.95 bits per heavy atom. The standard InChI is InChI=1S/C15H17ClN2O2S/c1-8(13(19)11-4-6-12(16)7-5-11)18-15(20)14-9(2)17-10(3)21-14/h4-8,13,19H,1-3H3,(H,18,20). The van der Waals surface area contributed by atoms with Gasteiger partial charge in [0.15, 0.2) is 0 Å². The Hall–Kier alpha value is -1.43. The fourth-order valence-corrected chi connectivity index (χ4v) is 2.99. The largest absolute Gasteiger partial charge is 0.386 e. The molecule has 2 N–H and O–H groups in total. The summed E-state index contributed by atoms with van der Waals surface area (Å²) < 4.78 is 0. The van der Waals surface area contributed by atoms with E-state index in [1.165, 1.54) is 11.3 Å². The Balaban J connectivity index is 2.06. The number of hydrogen-bond donors (Lipinski definition) is 2. The van der Waals surface area contributed by atoms with Gasteiger partial charge in [-0.1, -0.05) is 23.7 Å². The second-order valence-corrected chi connectivity index (χ2v) is 6.55. The van der Waals surface area contributed by atoms with Gasteiger partial charge in [0.05, 0.1) is 22.8 Å². The number of rotatable bonds is 4. The predicted octanol–water partition coefficient (Wildman–Crippen LogP) is 3.27. The number of carbonyl (C=O) groups excluding carboxylic acids is 1. The molecule has 4 nitrogen and oxygen atoms in total. The highest BCUT2D eigenvalue weighted by Gasteiger charge is 2.21. The summed E-state index contributed by atoms with van der Waals surface area (Å²) in [5.74, 6) is -0.210. The molecule has 6 heteroatoms. The molecular weight excluding hydrogens is 308 g/mol. The van der Waals surface area contributed by atoms with Crippen molar-refractivity contribution in [2.45, 2.75) is 32.9 Å². The molecule has 0 saturated heterocycles. The number of benzene rings is 1. The number of aliphatic hydroxyl groups excluding tert-OH is 1. The van der Waals surface area contributed by atoms with Gasteiger partial charge in [0, 0.05) is 5.02 Å². The summed E-state index contributed by atoms with van der Waals surface area (Å²) in [6.07, 6.45) is -0.791. The molecule has 0 fully saturated rings. The van der Waals surface area contributed by atoms with Crippen molar-refractivity contribution >= 4 is 28.8 Å². The Bertz CT molecular complexity index is 640. The van der Waals surface area contributed by atoms with Crippen LogP contribution >= 0.6 is 22.9 Å². The van der Waals surface area contributed by atoms with Crippen LogP contribution in [0.4, 0.5) is 0 Å². The molecule has 0 aliphatic rings. The van der Waals surface area contributed by atoms with Crippen LogP contribution < -0.4 is 5.32 Å². The van der Waals surface area contributed by atoms with Crippen LogP contribution in [0.1, 0.15) is 39.0 Å². The van der Waals surface area contributed by atoms with Gasteiger partial charge in [-0.2, -0.15) is 0 Å². The highest BCUT2D eigenvalue weighted by Crippen LogP contribution is 2.21. The van der Waals surface area contributed by atoms with Gasteiger partial charge in [0.25, 0.3) is 5.91 Å². The quantitative estimate of drug-likeness (QED) is 0.907. The van der Waals surface area contributed by atoms with Crippen LogP contribution in [-0.4, -0.2) is 22.0 Å². The molecular formula is C15H17ClN2O2S. The molecule has 0 spiro atoms. The maximum atomic E-state index is 12.2. The molecule has 0 radical (unpaired) electrons. The number of carbonyl (C=O) groups is 1. The smallest absolute Gasteiger partial charge is 0.263 e. The monoisotopic (exact) mass is 324 g/mol. The van der Waals surface area contributed by atoms with E-state index in [0.717, 1.165) is 5.01 Å². The van der Waals surface area contributed by atoms with Gasteiger partial charge in [0.1, 0.15) is 4.88 Å². The number of aliphatic hydroxyl groups is 1. The first-order valence-corrected chi connectivity index (χ1v) is 7.76. The second-order valence-electron chi connectivity index (χ2n) is 4.91. The summed E-state index contributed by atoms with van der Waals surface area (Å²) in [7, 11) is 0. The van der Waals surface area contributed by atoms with E-state index < -0.39 is 12.1 Å². The van der Waals surface area contributed by atoms with Crippen LogP contribution in [0.3, 0.4) is 0 Å². The third-order valence-electron chi connectivity index (χ3n) is 3.15. The maximum Gasteiger partial charge on any atom is 0.263 e. The lowest BCUT2D eigenvalue weighted by atomic mass is 10.0. The van der Waals surface area contributed by atoms with Crippen molar-refractivity contribution in [3.8, 4) is 0 Å². The number of aryl methyl sites for hydroxylation is 2. The minimum Gasteiger partial charge on any atom is -0.386 e. The van der Waals surface area contributed by atoms with Crippen molar-refractivity contribution in [1.82, 2.24) is 10.3 Å². The summed E-state index contributed by atoms with van der Waals surface area (Å²) in [6, 6.07) is 6.51. The Labute approximate surface area is 132 Å². The molecule has 1 aromatic heterocycles. The van der Waals surface area contributed by atoms with Crippen LogP contribution in [0.15, 0.2) is 24.3 Å². The maximum absolute atomic E-state index is 12.2. The molecule has 2 aromatic rings. The number of hydrogen-bond acceptors (Lipinski definition) is 4. The molecule has 112 valence electrons. The van der Waals surface area contributed by atoms with E-state index in [0.29, 0.717) is 21.2 Å². The molecule has 21 heavy (non-hydrogen) atoms. The van der Waals surface area contributed by atoms with Crippen LogP contribution in [0, 0.1) is 13.8 Å². The van der Waals surface area contributed by atoms with Gasteiger partial charge in [-0.05, 0) is 38.5 Å². The summed E-state index contributed by atoms with van der Waals surface area (Å²) in [5.41, 5.74) is 1.42. The Kier molecular flexibility index (Phi) is 4.98. The fraction of sp³-hybridized carbons (Fsp3) is 0.333. The number of aromatic nitrogens is 1. The number of halogens is 1. The van der Waals surface area contributed by atoms with E-state index in [1.807, 2.05) is 6.92 Å². The van der Waals surface area contributed by atoms with E-state index in [-0.39, 0.29) is 5.91 Å². The molecule has 1 amide bonds. The van der Waals surface area contributed by atoms with E-state index in [1.54, 1.807) is 38.1 Å². The van der Waals surface area contributed by atoms with Crippen LogP contribution in [0.2, 0.25) is 5.02 Å². The van der Waals surface area contributed by atoms with Crippen LogP contribution in [0.25, 0.3) is 0 Å². The minimum absolute atomic E-state index is 0.210. The van der Waals surface area contributed by atoms with Gasteiger partial charge in [-0.25, -0.2) is 4.98 Å². The minimum atomic E-state index is -0.791. The zero-order valence-corrected chi connectivity index (χ0v) is 13.6.